The first-order valence-electron chi connectivity index (χ1n) is 6.70. The van der Waals surface area contributed by atoms with Crippen LogP contribution in [-0.2, 0) is 13.0 Å². The molecule has 0 saturated carbocycles. The number of aryl methyl sites for hydroxylation is 1. The molecule has 0 fully saturated rings. The molecule has 112 valence electrons. The highest BCUT2D eigenvalue weighted by atomic mass is 32.1. The van der Waals surface area contributed by atoms with E-state index in [1.54, 1.807) is 30.1 Å². The van der Waals surface area contributed by atoms with E-state index in [2.05, 4.69) is 4.98 Å². The molecular formula is C15H17FN2O2S. The third-order valence-corrected chi connectivity index (χ3v) is 4.26. The molecule has 2 aromatic rings. The van der Waals surface area contributed by atoms with Gasteiger partial charge in [-0.2, -0.15) is 0 Å². The second kappa shape index (κ2) is 6.67. The molecule has 21 heavy (non-hydrogen) atoms. The van der Waals surface area contributed by atoms with Crippen molar-refractivity contribution in [3.63, 3.8) is 0 Å². The molecule has 0 radical (unpaired) electrons. The Morgan fingerprint density at radius 2 is 2.14 bits per heavy atom. The number of aromatic nitrogens is 1. The summed E-state index contributed by atoms with van der Waals surface area (Å²) in [5, 5.41) is 9.81. The van der Waals surface area contributed by atoms with Crippen LogP contribution >= 0.6 is 11.3 Å². The van der Waals surface area contributed by atoms with Gasteiger partial charge in [0.25, 0.3) is 0 Å². The quantitative estimate of drug-likeness (QED) is 0.886. The fourth-order valence-corrected chi connectivity index (χ4v) is 2.94. The number of aromatic carboxylic acids is 1. The lowest BCUT2D eigenvalue weighted by molar-refractivity contribution is 0.0700. The van der Waals surface area contributed by atoms with E-state index in [-0.39, 0.29) is 10.7 Å². The number of rotatable bonds is 6. The molecule has 1 aromatic carbocycles. The van der Waals surface area contributed by atoms with Crippen molar-refractivity contribution in [1.82, 2.24) is 4.98 Å². The first-order valence-corrected chi connectivity index (χ1v) is 7.52. The Bertz CT molecular complexity index is 642. The molecule has 0 unspecified atom stereocenters. The molecule has 0 bridgehead atoms. The van der Waals surface area contributed by atoms with Gasteiger partial charge >= 0.3 is 5.97 Å². The van der Waals surface area contributed by atoms with Crippen molar-refractivity contribution in [3.8, 4) is 0 Å². The minimum absolute atomic E-state index is 0.270. The molecular weight excluding hydrogens is 291 g/mol. The Labute approximate surface area is 126 Å². The van der Waals surface area contributed by atoms with E-state index in [1.807, 2.05) is 6.92 Å². The van der Waals surface area contributed by atoms with Crippen molar-refractivity contribution in [1.29, 1.82) is 0 Å². The van der Waals surface area contributed by atoms with Crippen molar-refractivity contribution in [2.75, 3.05) is 11.9 Å². The predicted molar refractivity (Wildman–Crippen MR) is 81.6 cm³/mol. The number of anilines is 1. The number of carboxylic acids is 1. The van der Waals surface area contributed by atoms with Crippen molar-refractivity contribution < 1.29 is 14.3 Å². The van der Waals surface area contributed by atoms with Gasteiger partial charge in [0.1, 0.15) is 10.7 Å². The average molecular weight is 308 g/mol. The van der Waals surface area contributed by atoms with Crippen LogP contribution in [0.5, 0.6) is 0 Å². The van der Waals surface area contributed by atoms with Crippen molar-refractivity contribution >= 4 is 22.4 Å². The Morgan fingerprint density at radius 1 is 1.43 bits per heavy atom. The molecule has 0 spiro atoms. The highest BCUT2D eigenvalue weighted by Crippen LogP contribution is 2.28. The van der Waals surface area contributed by atoms with Crippen LogP contribution in [0, 0.1) is 5.82 Å². The topological polar surface area (TPSA) is 53.4 Å². The van der Waals surface area contributed by atoms with Crippen LogP contribution in [0.15, 0.2) is 24.3 Å². The second-order valence-corrected chi connectivity index (χ2v) is 5.75. The van der Waals surface area contributed by atoms with Gasteiger partial charge in [-0.1, -0.05) is 42.9 Å². The van der Waals surface area contributed by atoms with Gasteiger partial charge in [-0.05, 0) is 12.5 Å². The standard InChI is InChI=1S/C15H17FN2O2S/c1-3-6-12-13(14(19)20)21-15(17-12)18(2)9-10-7-4-5-8-11(10)16/h4-5,7-8H,3,6,9H2,1-2H3,(H,19,20). The van der Waals surface area contributed by atoms with Gasteiger partial charge in [0, 0.05) is 19.2 Å². The Hall–Kier alpha value is -1.95. The maximum absolute atomic E-state index is 13.7. The molecule has 0 amide bonds. The van der Waals surface area contributed by atoms with E-state index < -0.39 is 5.97 Å². The summed E-state index contributed by atoms with van der Waals surface area (Å²) in [7, 11) is 1.78. The summed E-state index contributed by atoms with van der Waals surface area (Å²) in [6, 6.07) is 6.55. The van der Waals surface area contributed by atoms with Crippen LogP contribution < -0.4 is 4.90 Å². The minimum Gasteiger partial charge on any atom is -0.477 e. The molecule has 0 atom stereocenters. The molecule has 2 rings (SSSR count). The summed E-state index contributed by atoms with van der Waals surface area (Å²) in [6.45, 7) is 2.33. The summed E-state index contributed by atoms with van der Waals surface area (Å²) in [6.07, 6.45) is 1.46. The third kappa shape index (κ3) is 3.58. The van der Waals surface area contributed by atoms with Gasteiger partial charge < -0.3 is 10.0 Å². The summed E-state index contributed by atoms with van der Waals surface area (Å²) in [5.74, 6) is -1.23. The number of hydrogen-bond donors (Lipinski definition) is 1. The Kier molecular flexibility index (Phi) is 4.90. The molecule has 1 heterocycles. The van der Waals surface area contributed by atoms with Crippen LogP contribution in [-0.4, -0.2) is 23.1 Å². The maximum atomic E-state index is 13.7. The van der Waals surface area contributed by atoms with Gasteiger partial charge in [0.05, 0.1) is 5.69 Å². The summed E-state index contributed by atoms with van der Waals surface area (Å²) in [5.41, 5.74) is 1.16. The molecule has 0 aliphatic heterocycles. The van der Waals surface area contributed by atoms with Crippen molar-refractivity contribution in [2.45, 2.75) is 26.3 Å². The number of nitrogens with zero attached hydrogens (tertiary/aromatic N) is 2. The fraction of sp³-hybridized carbons (Fsp3) is 0.333. The number of hydrogen-bond acceptors (Lipinski definition) is 4. The van der Waals surface area contributed by atoms with E-state index >= 15 is 0 Å². The lowest BCUT2D eigenvalue weighted by Gasteiger charge is -2.16. The lowest BCUT2D eigenvalue weighted by Crippen LogP contribution is -2.17. The first kappa shape index (κ1) is 15.4. The number of carboxylic acid groups (broad SMARTS) is 1. The molecule has 1 N–H and O–H groups in total. The smallest absolute Gasteiger partial charge is 0.347 e. The number of benzene rings is 1. The first-order chi connectivity index (χ1) is 10.0. The van der Waals surface area contributed by atoms with E-state index in [0.29, 0.717) is 29.4 Å². The normalized spacial score (nSPS) is 10.6. The molecule has 0 aliphatic carbocycles. The summed E-state index contributed by atoms with van der Waals surface area (Å²) >= 11 is 1.13. The second-order valence-electron chi connectivity index (χ2n) is 4.77. The van der Waals surface area contributed by atoms with Gasteiger partial charge in [-0.15, -0.1) is 0 Å². The fourth-order valence-electron chi connectivity index (χ4n) is 2.03. The Balaban J connectivity index is 2.23. The zero-order valence-electron chi connectivity index (χ0n) is 12.0. The maximum Gasteiger partial charge on any atom is 0.347 e. The molecule has 0 saturated heterocycles. The molecule has 1 aromatic heterocycles. The van der Waals surface area contributed by atoms with Crippen LogP contribution in [0.1, 0.15) is 34.3 Å². The van der Waals surface area contributed by atoms with E-state index in [4.69, 9.17) is 0 Å². The van der Waals surface area contributed by atoms with Gasteiger partial charge in [-0.25, -0.2) is 14.2 Å². The van der Waals surface area contributed by atoms with E-state index in [0.717, 1.165) is 17.8 Å². The van der Waals surface area contributed by atoms with Gasteiger partial charge in [0.2, 0.25) is 0 Å². The van der Waals surface area contributed by atoms with E-state index in [1.165, 1.54) is 6.07 Å². The molecule has 4 nitrogen and oxygen atoms in total. The summed E-state index contributed by atoms with van der Waals surface area (Å²) in [4.78, 5) is 17.7. The average Bonchev–Trinajstić information content (AvgIpc) is 2.86. The summed E-state index contributed by atoms with van der Waals surface area (Å²) < 4.78 is 13.7. The van der Waals surface area contributed by atoms with Gasteiger partial charge in [0.15, 0.2) is 5.13 Å². The zero-order valence-corrected chi connectivity index (χ0v) is 12.8. The highest BCUT2D eigenvalue weighted by molar-refractivity contribution is 7.17. The molecule has 6 heteroatoms. The van der Waals surface area contributed by atoms with Crippen molar-refractivity contribution in [2.24, 2.45) is 0 Å². The third-order valence-electron chi connectivity index (χ3n) is 3.06. The highest BCUT2D eigenvalue weighted by Gasteiger charge is 2.19. The SMILES string of the molecule is CCCc1nc(N(C)Cc2ccccc2F)sc1C(=O)O. The van der Waals surface area contributed by atoms with Crippen LogP contribution in [0.4, 0.5) is 9.52 Å². The largest absolute Gasteiger partial charge is 0.477 e. The minimum atomic E-state index is -0.957. The number of carbonyl (C=O) groups is 1. The predicted octanol–water partition coefficient (Wildman–Crippen LogP) is 3.57. The van der Waals surface area contributed by atoms with Crippen LogP contribution in [0.25, 0.3) is 0 Å². The lowest BCUT2D eigenvalue weighted by atomic mass is 10.2. The number of thiazole rings is 1. The Morgan fingerprint density at radius 3 is 2.76 bits per heavy atom. The zero-order chi connectivity index (χ0) is 15.4. The van der Waals surface area contributed by atoms with Gasteiger partial charge in [-0.3, -0.25) is 0 Å². The van der Waals surface area contributed by atoms with Crippen LogP contribution in [0.3, 0.4) is 0 Å². The van der Waals surface area contributed by atoms with Crippen molar-refractivity contribution in [3.05, 3.63) is 46.2 Å². The molecule has 0 aliphatic rings. The van der Waals surface area contributed by atoms with Crippen LogP contribution in [0.2, 0.25) is 0 Å². The monoisotopic (exact) mass is 308 g/mol. The van der Waals surface area contributed by atoms with E-state index in [9.17, 15) is 14.3 Å². The number of halogens is 1.